The van der Waals surface area contributed by atoms with E-state index >= 15 is 0 Å². The molecular weight excluding hydrogens is 464 g/mol. The molecule has 0 bridgehead atoms. The quantitative estimate of drug-likeness (QED) is 0.292. The standard InChI is InChI=1S/C21H18F8N2O2/c22-19(23,20(24,25)26)12-32-15-3-1-2-13(8-15)10-30-7-6-14-11-31-18-5-4-16(9-17(14)18)33-21(27,28)29/h1-5,8-9,11,30-31H,6-7,10,12H2. The molecule has 0 aliphatic heterocycles. The first-order chi connectivity index (χ1) is 15.3. The summed E-state index contributed by atoms with van der Waals surface area (Å²) in [6, 6.07) is 9.66. The Balaban J connectivity index is 1.53. The fraction of sp³-hybridized carbons (Fsp3) is 0.333. The van der Waals surface area contributed by atoms with Crippen LogP contribution in [0.5, 0.6) is 11.5 Å². The van der Waals surface area contributed by atoms with Crippen LogP contribution in [0.3, 0.4) is 0 Å². The summed E-state index contributed by atoms with van der Waals surface area (Å²) in [5.74, 6) is -5.44. The van der Waals surface area contributed by atoms with Gasteiger partial charge in [-0.1, -0.05) is 12.1 Å². The van der Waals surface area contributed by atoms with Gasteiger partial charge in [-0.05, 0) is 54.4 Å². The van der Waals surface area contributed by atoms with E-state index in [0.717, 1.165) is 5.56 Å². The molecule has 0 spiro atoms. The Morgan fingerprint density at radius 1 is 0.879 bits per heavy atom. The van der Waals surface area contributed by atoms with Gasteiger partial charge in [0.25, 0.3) is 0 Å². The molecule has 2 N–H and O–H groups in total. The minimum atomic E-state index is -5.70. The van der Waals surface area contributed by atoms with Crippen LogP contribution in [0, 0.1) is 0 Å². The maximum absolute atomic E-state index is 13.0. The number of hydrogen-bond donors (Lipinski definition) is 2. The number of aromatic amines is 1. The smallest absolute Gasteiger partial charge is 0.487 e. The van der Waals surface area contributed by atoms with Gasteiger partial charge in [0.05, 0.1) is 0 Å². The van der Waals surface area contributed by atoms with Gasteiger partial charge in [0.15, 0.2) is 6.61 Å². The molecule has 1 heterocycles. The van der Waals surface area contributed by atoms with Crippen molar-refractivity contribution in [3.8, 4) is 11.5 Å². The largest absolute Gasteiger partial charge is 0.573 e. The molecule has 0 atom stereocenters. The second kappa shape index (κ2) is 9.46. The van der Waals surface area contributed by atoms with Crippen LogP contribution in [0.25, 0.3) is 10.9 Å². The van der Waals surface area contributed by atoms with Crippen molar-refractivity contribution in [2.45, 2.75) is 31.4 Å². The van der Waals surface area contributed by atoms with E-state index in [0.29, 0.717) is 29.4 Å². The first-order valence-corrected chi connectivity index (χ1v) is 9.57. The van der Waals surface area contributed by atoms with E-state index in [4.69, 9.17) is 0 Å². The first kappa shape index (κ1) is 24.6. The van der Waals surface area contributed by atoms with Crippen LogP contribution >= 0.6 is 0 Å². The third-order valence-electron chi connectivity index (χ3n) is 4.61. The van der Waals surface area contributed by atoms with Gasteiger partial charge in [0.2, 0.25) is 0 Å². The highest BCUT2D eigenvalue weighted by molar-refractivity contribution is 5.84. The minimum Gasteiger partial charge on any atom is -0.487 e. The predicted octanol–water partition coefficient (Wildman–Crippen LogP) is 5.98. The van der Waals surface area contributed by atoms with Crippen molar-refractivity contribution in [1.29, 1.82) is 0 Å². The lowest BCUT2D eigenvalue weighted by Gasteiger charge is -2.20. The molecule has 0 aliphatic carbocycles. The average molecular weight is 482 g/mol. The number of fused-ring (bicyclic) bond motifs is 1. The van der Waals surface area contributed by atoms with Crippen LogP contribution in [0.4, 0.5) is 35.1 Å². The average Bonchev–Trinajstić information content (AvgIpc) is 3.10. The predicted molar refractivity (Wildman–Crippen MR) is 103 cm³/mol. The van der Waals surface area contributed by atoms with Crippen molar-refractivity contribution in [1.82, 2.24) is 10.3 Å². The van der Waals surface area contributed by atoms with Gasteiger partial charge in [-0.2, -0.15) is 22.0 Å². The minimum absolute atomic E-state index is 0.132. The van der Waals surface area contributed by atoms with Gasteiger partial charge in [-0.15, -0.1) is 13.2 Å². The van der Waals surface area contributed by atoms with E-state index in [-0.39, 0.29) is 18.0 Å². The van der Waals surface area contributed by atoms with E-state index in [2.05, 4.69) is 19.8 Å². The number of benzene rings is 2. The molecule has 180 valence electrons. The van der Waals surface area contributed by atoms with E-state index in [1.807, 2.05) is 0 Å². The topological polar surface area (TPSA) is 46.3 Å². The monoisotopic (exact) mass is 482 g/mol. The number of alkyl halides is 8. The number of nitrogens with one attached hydrogen (secondary N) is 2. The molecule has 33 heavy (non-hydrogen) atoms. The summed E-state index contributed by atoms with van der Waals surface area (Å²) in [7, 11) is 0. The van der Waals surface area contributed by atoms with Crippen molar-refractivity contribution in [2.24, 2.45) is 0 Å². The van der Waals surface area contributed by atoms with E-state index < -0.39 is 25.1 Å². The maximum Gasteiger partial charge on any atom is 0.573 e. The third kappa shape index (κ3) is 6.73. The Morgan fingerprint density at radius 2 is 1.64 bits per heavy atom. The van der Waals surface area contributed by atoms with E-state index in [1.54, 1.807) is 12.3 Å². The molecule has 3 rings (SSSR count). The normalized spacial score (nSPS) is 12.8. The van der Waals surface area contributed by atoms with Gasteiger partial charge in [0.1, 0.15) is 11.5 Å². The highest BCUT2D eigenvalue weighted by atomic mass is 19.4. The molecule has 0 saturated heterocycles. The molecule has 4 nitrogen and oxygen atoms in total. The number of H-pyrrole nitrogens is 1. The Bertz CT molecular complexity index is 1080. The number of ether oxygens (including phenoxy) is 2. The van der Waals surface area contributed by atoms with Gasteiger partial charge < -0.3 is 19.8 Å². The fourth-order valence-electron chi connectivity index (χ4n) is 3.02. The first-order valence-electron chi connectivity index (χ1n) is 9.57. The summed E-state index contributed by atoms with van der Waals surface area (Å²) >= 11 is 0. The fourth-order valence-corrected chi connectivity index (χ4v) is 3.02. The number of halogens is 8. The summed E-state index contributed by atoms with van der Waals surface area (Å²) in [6.45, 7) is -1.15. The van der Waals surface area contributed by atoms with E-state index in [9.17, 15) is 35.1 Å². The lowest BCUT2D eigenvalue weighted by molar-refractivity contribution is -0.290. The van der Waals surface area contributed by atoms with Crippen LogP contribution in [0.2, 0.25) is 0 Å². The number of rotatable bonds is 9. The summed E-state index contributed by atoms with van der Waals surface area (Å²) in [6.07, 6.45) is -8.39. The van der Waals surface area contributed by atoms with Crippen LogP contribution in [0.1, 0.15) is 11.1 Å². The zero-order valence-electron chi connectivity index (χ0n) is 16.8. The Kier molecular flexibility index (Phi) is 7.06. The lowest BCUT2D eigenvalue weighted by Crippen LogP contribution is -2.41. The summed E-state index contributed by atoms with van der Waals surface area (Å²) < 4.78 is 108. The highest BCUT2D eigenvalue weighted by Crippen LogP contribution is 2.35. The van der Waals surface area contributed by atoms with Crippen molar-refractivity contribution >= 4 is 10.9 Å². The SMILES string of the molecule is FC(F)(F)Oc1ccc2[nH]cc(CCNCc3cccc(OCC(F)(F)C(F)(F)F)c3)c2c1. The van der Waals surface area contributed by atoms with Crippen molar-refractivity contribution in [3.63, 3.8) is 0 Å². The Morgan fingerprint density at radius 3 is 2.33 bits per heavy atom. The van der Waals surface area contributed by atoms with Crippen LogP contribution in [0.15, 0.2) is 48.7 Å². The zero-order valence-corrected chi connectivity index (χ0v) is 16.8. The molecular formula is C21H18F8N2O2. The summed E-state index contributed by atoms with van der Waals surface area (Å²) in [5, 5.41) is 3.64. The number of aromatic nitrogens is 1. The van der Waals surface area contributed by atoms with Gasteiger partial charge in [-0.3, -0.25) is 0 Å². The molecule has 0 aliphatic rings. The number of hydrogen-bond acceptors (Lipinski definition) is 3. The van der Waals surface area contributed by atoms with E-state index in [1.165, 1.54) is 36.4 Å². The van der Waals surface area contributed by atoms with Gasteiger partial charge in [0, 0.05) is 23.6 Å². The van der Waals surface area contributed by atoms with Crippen molar-refractivity contribution in [2.75, 3.05) is 13.2 Å². The van der Waals surface area contributed by atoms with Crippen molar-refractivity contribution in [3.05, 3.63) is 59.8 Å². The Hall–Kier alpha value is -3.02. The maximum atomic E-state index is 13.0. The highest BCUT2D eigenvalue weighted by Gasteiger charge is 2.58. The summed E-state index contributed by atoms with van der Waals surface area (Å²) in [5.41, 5.74) is 1.97. The second-order valence-corrected chi connectivity index (χ2v) is 7.13. The molecule has 0 fully saturated rings. The Labute approximate surface area is 182 Å². The molecule has 1 aromatic heterocycles. The van der Waals surface area contributed by atoms with Crippen molar-refractivity contribution < 1.29 is 44.6 Å². The molecule has 0 radical (unpaired) electrons. The summed E-state index contributed by atoms with van der Waals surface area (Å²) in [4.78, 5) is 2.96. The van der Waals surface area contributed by atoms with Crippen LogP contribution < -0.4 is 14.8 Å². The molecule has 2 aromatic carbocycles. The molecule has 0 saturated carbocycles. The molecule has 12 heteroatoms. The third-order valence-corrected chi connectivity index (χ3v) is 4.61. The van der Waals surface area contributed by atoms with Crippen LogP contribution in [-0.2, 0) is 13.0 Å². The van der Waals surface area contributed by atoms with Gasteiger partial charge >= 0.3 is 18.5 Å². The zero-order chi connectivity index (χ0) is 24.3. The van der Waals surface area contributed by atoms with Crippen LogP contribution in [-0.4, -0.2) is 36.6 Å². The van der Waals surface area contributed by atoms with Gasteiger partial charge in [-0.25, -0.2) is 0 Å². The molecule has 0 amide bonds. The lowest BCUT2D eigenvalue weighted by atomic mass is 10.1. The molecule has 3 aromatic rings. The molecule has 0 unspecified atom stereocenters. The second-order valence-electron chi connectivity index (χ2n) is 7.13.